The van der Waals surface area contributed by atoms with Gasteiger partial charge in [-0.2, -0.15) is 0 Å². The third-order valence-corrected chi connectivity index (χ3v) is 2.95. The Morgan fingerprint density at radius 1 is 1.30 bits per heavy atom. The zero-order valence-corrected chi connectivity index (χ0v) is 11.9. The van der Waals surface area contributed by atoms with Gasteiger partial charge < -0.3 is 14.0 Å². The van der Waals surface area contributed by atoms with Crippen molar-refractivity contribution in [3.8, 4) is 22.8 Å². The summed E-state index contributed by atoms with van der Waals surface area (Å²) in [6.45, 7) is 0. The average molecular weight is 299 g/mol. The summed E-state index contributed by atoms with van der Waals surface area (Å²) in [7, 11) is 4.26. The van der Waals surface area contributed by atoms with Crippen molar-refractivity contribution >= 4 is 11.6 Å². The van der Waals surface area contributed by atoms with Crippen LogP contribution in [0.15, 0.2) is 23.1 Å². The molecular formula is C13H12ClFN2O3. The molecule has 2 aromatic rings. The molecule has 1 aromatic carbocycles. The van der Waals surface area contributed by atoms with Gasteiger partial charge in [-0.05, 0) is 6.07 Å². The number of benzene rings is 1. The van der Waals surface area contributed by atoms with Gasteiger partial charge in [0.2, 0.25) is 0 Å². The van der Waals surface area contributed by atoms with Gasteiger partial charge >= 0.3 is 0 Å². The summed E-state index contributed by atoms with van der Waals surface area (Å²) in [5, 5.41) is 0.0864. The van der Waals surface area contributed by atoms with Crippen LogP contribution in [0, 0.1) is 5.82 Å². The number of halogens is 2. The predicted molar refractivity (Wildman–Crippen MR) is 73.0 cm³/mol. The van der Waals surface area contributed by atoms with Crippen LogP contribution >= 0.6 is 11.6 Å². The van der Waals surface area contributed by atoms with Crippen LogP contribution in [0.4, 0.5) is 4.39 Å². The molecule has 5 nitrogen and oxygen atoms in total. The number of hydrogen-bond donors (Lipinski definition) is 0. The first-order valence-electron chi connectivity index (χ1n) is 5.63. The van der Waals surface area contributed by atoms with Gasteiger partial charge in [-0.25, -0.2) is 9.37 Å². The number of aromatic nitrogens is 2. The number of hydrogen-bond acceptors (Lipinski definition) is 4. The summed E-state index contributed by atoms with van der Waals surface area (Å²) in [5.41, 5.74) is -0.595. The maximum atomic E-state index is 14.3. The minimum absolute atomic E-state index is 0.0238. The largest absolute Gasteiger partial charge is 0.497 e. The fraction of sp³-hybridized carbons (Fsp3) is 0.231. The Bertz CT molecular complexity index is 715. The van der Waals surface area contributed by atoms with Crippen LogP contribution in [0.1, 0.15) is 0 Å². The third-order valence-electron chi connectivity index (χ3n) is 2.77. The highest BCUT2D eigenvalue weighted by Gasteiger charge is 2.18. The Kier molecular flexibility index (Phi) is 3.94. The fourth-order valence-corrected chi connectivity index (χ4v) is 1.99. The molecule has 0 fully saturated rings. The smallest absolute Gasteiger partial charge is 0.277 e. The quantitative estimate of drug-likeness (QED) is 0.872. The van der Waals surface area contributed by atoms with Gasteiger partial charge in [0.05, 0.1) is 14.2 Å². The van der Waals surface area contributed by atoms with Crippen LogP contribution in [0.3, 0.4) is 0 Å². The molecule has 0 saturated heterocycles. The van der Waals surface area contributed by atoms with E-state index in [4.69, 9.17) is 21.1 Å². The molecule has 0 bridgehead atoms. The Hall–Kier alpha value is -2.08. The molecule has 0 atom stereocenters. The van der Waals surface area contributed by atoms with E-state index in [0.717, 1.165) is 0 Å². The average Bonchev–Trinajstić information content (AvgIpc) is 2.43. The minimum Gasteiger partial charge on any atom is -0.497 e. The van der Waals surface area contributed by atoms with Gasteiger partial charge in [0.15, 0.2) is 11.6 Å². The van der Waals surface area contributed by atoms with Crippen molar-refractivity contribution < 1.29 is 13.9 Å². The summed E-state index contributed by atoms with van der Waals surface area (Å²) in [6, 6.07) is 2.76. The molecule has 0 unspecified atom stereocenters. The first-order chi connectivity index (χ1) is 9.47. The van der Waals surface area contributed by atoms with Crippen molar-refractivity contribution in [3.63, 3.8) is 0 Å². The van der Waals surface area contributed by atoms with Crippen molar-refractivity contribution in [3.05, 3.63) is 39.7 Å². The number of rotatable bonds is 3. The van der Waals surface area contributed by atoms with E-state index in [1.807, 2.05) is 0 Å². The zero-order chi connectivity index (χ0) is 14.9. The van der Waals surface area contributed by atoms with E-state index in [2.05, 4.69) is 4.98 Å². The predicted octanol–water partition coefficient (Wildman–Crippen LogP) is 2.26. The standard InChI is InChI=1S/C13H12ClFN2O3/c1-17-6-10(14)16-12(13(17)18)8-4-7(19-2)5-9(20-3)11(8)15/h4-6H,1-3H3. The summed E-state index contributed by atoms with van der Waals surface area (Å²) in [5.74, 6) is -0.384. The molecule has 0 aliphatic rings. The molecule has 0 radical (unpaired) electrons. The molecule has 0 spiro atoms. The van der Waals surface area contributed by atoms with Crippen LogP contribution in [-0.4, -0.2) is 23.8 Å². The highest BCUT2D eigenvalue weighted by Crippen LogP contribution is 2.32. The van der Waals surface area contributed by atoms with Gasteiger partial charge in [0, 0.05) is 24.9 Å². The SMILES string of the molecule is COc1cc(OC)c(F)c(-c2nc(Cl)cn(C)c2=O)c1. The Morgan fingerprint density at radius 3 is 2.60 bits per heavy atom. The van der Waals surface area contributed by atoms with Crippen molar-refractivity contribution in [2.75, 3.05) is 14.2 Å². The van der Waals surface area contributed by atoms with E-state index >= 15 is 0 Å². The van der Waals surface area contributed by atoms with Crippen LogP contribution in [-0.2, 0) is 7.05 Å². The first kappa shape index (κ1) is 14.3. The van der Waals surface area contributed by atoms with Gasteiger partial charge in [-0.15, -0.1) is 0 Å². The van der Waals surface area contributed by atoms with Crippen LogP contribution in [0.5, 0.6) is 11.5 Å². The molecule has 2 rings (SSSR count). The first-order valence-corrected chi connectivity index (χ1v) is 6.00. The van der Waals surface area contributed by atoms with E-state index in [0.29, 0.717) is 5.75 Å². The second kappa shape index (κ2) is 5.50. The molecule has 0 aliphatic heterocycles. The van der Waals surface area contributed by atoms with Crippen molar-refractivity contribution in [1.82, 2.24) is 9.55 Å². The molecule has 0 aliphatic carbocycles. The lowest BCUT2D eigenvalue weighted by Gasteiger charge is -2.10. The van der Waals surface area contributed by atoms with Crippen molar-refractivity contribution in [1.29, 1.82) is 0 Å². The highest BCUT2D eigenvalue weighted by atomic mass is 35.5. The van der Waals surface area contributed by atoms with Gasteiger partial charge in [0.1, 0.15) is 16.6 Å². The molecule has 0 N–H and O–H groups in total. The number of ether oxygens (including phenoxy) is 2. The van der Waals surface area contributed by atoms with E-state index in [1.54, 1.807) is 0 Å². The molecule has 0 amide bonds. The maximum Gasteiger partial charge on any atom is 0.277 e. The molecule has 1 aromatic heterocycles. The van der Waals surface area contributed by atoms with E-state index in [-0.39, 0.29) is 22.2 Å². The van der Waals surface area contributed by atoms with E-state index in [9.17, 15) is 9.18 Å². The number of aryl methyl sites for hydroxylation is 1. The van der Waals surface area contributed by atoms with Crippen LogP contribution in [0.25, 0.3) is 11.3 Å². The van der Waals surface area contributed by atoms with Gasteiger partial charge in [-0.3, -0.25) is 4.79 Å². The molecular weight excluding hydrogens is 287 g/mol. The zero-order valence-electron chi connectivity index (χ0n) is 11.1. The van der Waals surface area contributed by atoms with E-state index in [1.165, 1.54) is 44.2 Å². The highest BCUT2D eigenvalue weighted by molar-refractivity contribution is 6.29. The summed E-state index contributed by atoms with van der Waals surface area (Å²) in [4.78, 5) is 16.0. The van der Waals surface area contributed by atoms with Crippen LogP contribution < -0.4 is 15.0 Å². The lowest BCUT2D eigenvalue weighted by atomic mass is 10.1. The lowest BCUT2D eigenvalue weighted by Crippen LogP contribution is -2.20. The van der Waals surface area contributed by atoms with E-state index < -0.39 is 11.4 Å². The Balaban J connectivity index is 2.78. The Morgan fingerprint density at radius 2 is 2.00 bits per heavy atom. The summed E-state index contributed by atoms with van der Waals surface area (Å²) in [6.07, 6.45) is 1.35. The third kappa shape index (κ3) is 2.46. The molecule has 20 heavy (non-hydrogen) atoms. The normalized spacial score (nSPS) is 10.4. The molecule has 0 saturated carbocycles. The molecule has 106 valence electrons. The van der Waals surface area contributed by atoms with Gasteiger partial charge in [-0.1, -0.05) is 11.6 Å². The van der Waals surface area contributed by atoms with Crippen molar-refractivity contribution in [2.45, 2.75) is 0 Å². The molecule has 1 heterocycles. The van der Waals surface area contributed by atoms with Crippen molar-refractivity contribution in [2.24, 2.45) is 7.05 Å². The topological polar surface area (TPSA) is 53.4 Å². The second-order valence-corrected chi connectivity index (χ2v) is 4.41. The minimum atomic E-state index is -0.694. The maximum absolute atomic E-state index is 14.3. The monoisotopic (exact) mass is 298 g/mol. The number of methoxy groups -OCH3 is 2. The van der Waals surface area contributed by atoms with Crippen LogP contribution in [0.2, 0.25) is 5.15 Å². The summed E-state index contributed by atoms with van der Waals surface area (Å²) >= 11 is 5.82. The number of nitrogens with zero attached hydrogens (tertiary/aromatic N) is 2. The fourth-order valence-electron chi connectivity index (χ4n) is 1.76. The van der Waals surface area contributed by atoms with Gasteiger partial charge in [0.25, 0.3) is 5.56 Å². The summed E-state index contributed by atoms with van der Waals surface area (Å²) < 4.78 is 25.5. The second-order valence-electron chi connectivity index (χ2n) is 4.02. The lowest BCUT2D eigenvalue weighted by molar-refractivity contribution is 0.374. The molecule has 7 heteroatoms. The Labute approximate surface area is 119 Å².